The molecule has 0 aliphatic rings. The smallest absolute Gasteiger partial charge is 0.227 e. The molecule has 0 unspecified atom stereocenters. The Bertz CT molecular complexity index is 1150. The van der Waals surface area contributed by atoms with Crippen LogP contribution < -0.4 is 5.32 Å². The molecule has 4 aromatic rings. The van der Waals surface area contributed by atoms with Crippen LogP contribution >= 0.6 is 0 Å². The number of carbonyl (C=O) groups is 1. The van der Waals surface area contributed by atoms with Gasteiger partial charge < -0.3 is 14.6 Å². The van der Waals surface area contributed by atoms with E-state index >= 15 is 0 Å². The zero-order valence-electron chi connectivity index (χ0n) is 18.7. The molecule has 0 aliphatic heterocycles. The van der Waals surface area contributed by atoms with Crippen LogP contribution in [0.15, 0.2) is 83.4 Å². The summed E-state index contributed by atoms with van der Waals surface area (Å²) in [5.41, 5.74) is 5.36. The van der Waals surface area contributed by atoms with Crippen LogP contribution in [0.4, 0.5) is 0 Å². The molecule has 1 N–H and O–H groups in total. The summed E-state index contributed by atoms with van der Waals surface area (Å²) >= 11 is 0. The number of carbonyl (C=O) groups excluding carboxylic acids is 1. The molecule has 4 rings (SSSR count). The van der Waals surface area contributed by atoms with Gasteiger partial charge in [0.25, 0.3) is 0 Å². The Kier molecular flexibility index (Phi) is 7.61. The molecule has 1 heterocycles. The molecule has 6 heteroatoms. The number of aryl methyl sites for hydroxylation is 2. The van der Waals surface area contributed by atoms with Crippen molar-refractivity contribution in [1.29, 1.82) is 0 Å². The molecule has 1 amide bonds. The van der Waals surface area contributed by atoms with E-state index in [2.05, 4.69) is 15.5 Å². The van der Waals surface area contributed by atoms with Gasteiger partial charge in [-0.3, -0.25) is 4.79 Å². The number of ether oxygens (including phenoxy) is 1. The average molecular weight is 442 g/mol. The first-order chi connectivity index (χ1) is 16.2. The Hall–Kier alpha value is -3.77. The Labute approximate surface area is 193 Å². The number of hydrogen-bond acceptors (Lipinski definition) is 5. The van der Waals surface area contributed by atoms with Gasteiger partial charge in [-0.15, -0.1) is 0 Å². The second-order valence-corrected chi connectivity index (χ2v) is 7.95. The van der Waals surface area contributed by atoms with E-state index < -0.39 is 0 Å². The lowest BCUT2D eigenvalue weighted by Crippen LogP contribution is -2.23. The number of hydrogen-bond donors (Lipinski definition) is 1. The molecular weight excluding hydrogens is 414 g/mol. The molecule has 33 heavy (non-hydrogen) atoms. The molecule has 0 bridgehead atoms. The quantitative estimate of drug-likeness (QED) is 0.374. The maximum Gasteiger partial charge on any atom is 0.227 e. The van der Waals surface area contributed by atoms with Gasteiger partial charge in [0.15, 0.2) is 0 Å². The number of nitrogens with zero attached hydrogens (tertiary/aromatic N) is 2. The minimum Gasteiger partial charge on any atom is -0.372 e. The fourth-order valence-corrected chi connectivity index (χ4v) is 3.30. The molecule has 0 aliphatic carbocycles. The minimum atomic E-state index is -0.0552. The normalized spacial score (nSPS) is 10.8. The highest BCUT2D eigenvalue weighted by Gasteiger charge is 2.10. The van der Waals surface area contributed by atoms with E-state index in [0.29, 0.717) is 44.3 Å². The number of aromatic nitrogens is 2. The first-order valence-corrected chi connectivity index (χ1v) is 11.0. The van der Waals surface area contributed by atoms with E-state index in [1.54, 1.807) is 0 Å². The molecule has 1 aromatic heterocycles. The highest BCUT2D eigenvalue weighted by atomic mass is 16.5. The lowest BCUT2D eigenvalue weighted by atomic mass is 10.1. The first kappa shape index (κ1) is 22.4. The van der Waals surface area contributed by atoms with Crippen molar-refractivity contribution in [1.82, 2.24) is 15.5 Å². The van der Waals surface area contributed by atoms with Gasteiger partial charge >= 0.3 is 0 Å². The molecular formula is C27H27N3O3. The summed E-state index contributed by atoms with van der Waals surface area (Å²) in [6.45, 7) is 3.64. The average Bonchev–Trinajstić information content (AvgIpc) is 3.32. The molecule has 3 aromatic carbocycles. The standard InChI is InChI=1S/C27H27N3O3/c1-20-7-13-24(14-8-20)27-29-26(33-30-27)16-15-25(31)28-17-21-9-11-23(12-10-21)19-32-18-22-5-3-2-4-6-22/h2-14H,15-19H2,1H3,(H,28,31). The summed E-state index contributed by atoms with van der Waals surface area (Å²) < 4.78 is 11.0. The van der Waals surface area contributed by atoms with Crippen molar-refractivity contribution in [3.63, 3.8) is 0 Å². The van der Waals surface area contributed by atoms with E-state index in [-0.39, 0.29) is 5.91 Å². The van der Waals surface area contributed by atoms with Crippen LogP contribution in [0.1, 0.15) is 34.6 Å². The van der Waals surface area contributed by atoms with Crippen LogP contribution in [0, 0.1) is 6.92 Å². The van der Waals surface area contributed by atoms with Crippen LogP contribution in [0.2, 0.25) is 0 Å². The van der Waals surface area contributed by atoms with Crippen LogP contribution in [0.5, 0.6) is 0 Å². The summed E-state index contributed by atoms with van der Waals surface area (Å²) in [6.07, 6.45) is 0.698. The van der Waals surface area contributed by atoms with Gasteiger partial charge in [-0.25, -0.2) is 0 Å². The van der Waals surface area contributed by atoms with Crippen molar-refractivity contribution in [2.45, 2.75) is 39.5 Å². The van der Waals surface area contributed by atoms with Gasteiger partial charge in [0, 0.05) is 24.9 Å². The van der Waals surface area contributed by atoms with E-state index in [1.165, 1.54) is 5.56 Å². The molecule has 0 radical (unpaired) electrons. The van der Waals surface area contributed by atoms with Crippen molar-refractivity contribution < 1.29 is 14.1 Å². The lowest BCUT2D eigenvalue weighted by Gasteiger charge is -2.07. The maximum atomic E-state index is 12.2. The van der Waals surface area contributed by atoms with Crippen molar-refractivity contribution in [3.8, 4) is 11.4 Å². The van der Waals surface area contributed by atoms with Gasteiger partial charge in [-0.05, 0) is 23.6 Å². The lowest BCUT2D eigenvalue weighted by molar-refractivity contribution is -0.121. The van der Waals surface area contributed by atoms with Gasteiger partial charge in [-0.2, -0.15) is 4.98 Å². The highest BCUT2D eigenvalue weighted by molar-refractivity contribution is 5.76. The maximum absolute atomic E-state index is 12.2. The fourth-order valence-electron chi connectivity index (χ4n) is 3.30. The molecule has 0 spiro atoms. The van der Waals surface area contributed by atoms with Gasteiger partial charge in [0.2, 0.25) is 17.6 Å². The van der Waals surface area contributed by atoms with Crippen molar-refractivity contribution in [2.24, 2.45) is 0 Å². The summed E-state index contributed by atoms with van der Waals surface area (Å²) in [5.74, 6) is 0.944. The number of nitrogens with one attached hydrogen (secondary N) is 1. The number of rotatable bonds is 10. The van der Waals surface area contributed by atoms with E-state index in [1.807, 2.05) is 85.8 Å². The van der Waals surface area contributed by atoms with Crippen LogP contribution in [0.25, 0.3) is 11.4 Å². The van der Waals surface area contributed by atoms with Crippen LogP contribution in [0.3, 0.4) is 0 Å². The topological polar surface area (TPSA) is 77.2 Å². The molecule has 0 atom stereocenters. The predicted molar refractivity (Wildman–Crippen MR) is 126 cm³/mol. The van der Waals surface area contributed by atoms with Crippen molar-refractivity contribution >= 4 is 5.91 Å². The Morgan fingerprint density at radius 1 is 0.879 bits per heavy atom. The third-order valence-corrected chi connectivity index (χ3v) is 5.24. The Balaban J connectivity index is 1.17. The molecule has 0 fully saturated rings. The molecule has 0 saturated heterocycles. The second-order valence-electron chi connectivity index (χ2n) is 7.95. The Morgan fingerprint density at radius 2 is 1.55 bits per heavy atom. The highest BCUT2D eigenvalue weighted by Crippen LogP contribution is 2.17. The molecule has 168 valence electrons. The molecule has 6 nitrogen and oxygen atoms in total. The SMILES string of the molecule is Cc1ccc(-c2noc(CCC(=O)NCc3ccc(COCc4ccccc4)cc3)n2)cc1. The second kappa shape index (κ2) is 11.2. The van der Waals surface area contributed by atoms with Crippen molar-refractivity contribution in [3.05, 3.63) is 107 Å². The minimum absolute atomic E-state index is 0.0552. The van der Waals surface area contributed by atoms with E-state index in [9.17, 15) is 4.79 Å². The summed E-state index contributed by atoms with van der Waals surface area (Å²) in [7, 11) is 0. The zero-order valence-corrected chi connectivity index (χ0v) is 18.7. The first-order valence-electron chi connectivity index (χ1n) is 11.0. The largest absolute Gasteiger partial charge is 0.372 e. The van der Waals surface area contributed by atoms with Gasteiger partial charge in [0.05, 0.1) is 13.2 Å². The zero-order chi connectivity index (χ0) is 22.9. The molecule has 0 saturated carbocycles. The number of benzene rings is 3. The number of amides is 1. The van der Waals surface area contributed by atoms with E-state index in [0.717, 1.165) is 22.3 Å². The van der Waals surface area contributed by atoms with Gasteiger partial charge in [-0.1, -0.05) is 89.6 Å². The summed E-state index contributed by atoms with van der Waals surface area (Å²) in [5, 5.41) is 6.94. The van der Waals surface area contributed by atoms with Gasteiger partial charge in [0.1, 0.15) is 0 Å². The monoisotopic (exact) mass is 441 g/mol. The fraction of sp³-hybridized carbons (Fsp3) is 0.222. The third-order valence-electron chi connectivity index (χ3n) is 5.24. The summed E-state index contributed by atoms with van der Waals surface area (Å²) in [4.78, 5) is 16.6. The predicted octanol–water partition coefficient (Wildman–Crippen LogP) is 5.01. The van der Waals surface area contributed by atoms with E-state index in [4.69, 9.17) is 9.26 Å². The summed E-state index contributed by atoms with van der Waals surface area (Å²) in [6, 6.07) is 26.1. The third kappa shape index (κ3) is 6.85. The van der Waals surface area contributed by atoms with Crippen LogP contribution in [-0.4, -0.2) is 16.0 Å². The van der Waals surface area contributed by atoms with Crippen molar-refractivity contribution in [2.75, 3.05) is 0 Å². The van der Waals surface area contributed by atoms with Crippen LogP contribution in [-0.2, 0) is 35.7 Å². The Morgan fingerprint density at radius 3 is 2.27 bits per heavy atom.